The molecule has 2 aromatic heterocycles. The van der Waals surface area contributed by atoms with Crippen LogP contribution in [0.5, 0.6) is 0 Å². The zero-order valence-corrected chi connectivity index (χ0v) is 23.8. The van der Waals surface area contributed by atoms with Crippen molar-refractivity contribution in [1.82, 2.24) is 35.9 Å². The fourth-order valence-electron chi connectivity index (χ4n) is 3.98. The summed E-state index contributed by atoms with van der Waals surface area (Å²) in [6.07, 6.45) is 1.66. The van der Waals surface area contributed by atoms with Gasteiger partial charge in [-0.25, -0.2) is 14.8 Å². The van der Waals surface area contributed by atoms with Crippen molar-refractivity contribution in [3.63, 3.8) is 0 Å². The maximum atomic E-state index is 12.7. The predicted molar refractivity (Wildman–Crippen MR) is 160 cm³/mol. The van der Waals surface area contributed by atoms with Crippen molar-refractivity contribution < 1.29 is 24.3 Å². The Bertz CT molecular complexity index is 1590. The molecule has 234 valence electrons. The van der Waals surface area contributed by atoms with Gasteiger partial charge in [-0.1, -0.05) is 0 Å². The van der Waals surface area contributed by atoms with Gasteiger partial charge in [0, 0.05) is 31.3 Å². The molecule has 0 saturated heterocycles. The molecular weight excluding hydrogens is 576 g/mol. The Hall–Kier alpha value is -5.81. The first-order chi connectivity index (χ1) is 21.0. The Labute approximate surface area is 250 Å². The zero-order chi connectivity index (χ0) is 32.2. The highest BCUT2D eigenvalue weighted by atomic mass is 16.4. The highest BCUT2D eigenvalue weighted by Gasteiger charge is 2.24. The zero-order valence-electron chi connectivity index (χ0n) is 23.8. The predicted octanol–water partition coefficient (Wildman–Crippen LogP) is -1.84. The molecule has 1 aromatic carbocycles. The van der Waals surface area contributed by atoms with Crippen molar-refractivity contribution in [3.05, 3.63) is 52.1 Å². The number of nitrogens with one attached hydrogen (secondary N) is 5. The first kappa shape index (κ1) is 32.7. The number of nitrogens with zero attached hydrogens (tertiary/aromatic N) is 4. The summed E-state index contributed by atoms with van der Waals surface area (Å²) < 4.78 is 0. The third-order valence-electron chi connectivity index (χ3n) is 6.21. The summed E-state index contributed by atoms with van der Waals surface area (Å²) in [6.45, 7) is 0.476. The molecular formula is C26H34N12O6. The standard InChI is InChI=1S/C26H34N12O6/c1-30-22(41)16(3-2-10-31-25(27)28)35-18(39)9-8-17(24(43)44)36-21(40)13-4-6-14(7-5-13)32-11-15-12-33-20-19(34-15)23(42)38-26(29)37-20/h4-7,12,16-17,32H,2-3,8-11H2,1H3,(H,30,41)(H,35,39)(H,36,40)(H,43,44)(H4,27,28,31)(H3,29,33,37,38,42)/t16-,17-/m0/s1. The number of rotatable bonds is 15. The van der Waals surface area contributed by atoms with Crippen LogP contribution in [0.2, 0.25) is 0 Å². The first-order valence-electron chi connectivity index (χ1n) is 13.4. The van der Waals surface area contributed by atoms with Crippen LogP contribution in [0.3, 0.4) is 0 Å². The summed E-state index contributed by atoms with van der Waals surface area (Å²) in [5.74, 6) is -3.11. The highest BCUT2D eigenvalue weighted by Crippen LogP contribution is 2.12. The summed E-state index contributed by atoms with van der Waals surface area (Å²) in [6, 6.07) is 3.97. The van der Waals surface area contributed by atoms with Crippen molar-refractivity contribution in [3.8, 4) is 0 Å². The smallest absolute Gasteiger partial charge is 0.326 e. The second-order valence-corrected chi connectivity index (χ2v) is 9.50. The molecule has 2 atom stereocenters. The number of carbonyl (C=O) groups excluding carboxylic acids is 3. The van der Waals surface area contributed by atoms with Gasteiger partial charge in [0.2, 0.25) is 17.8 Å². The minimum absolute atomic E-state index is 0.0433. The topological polar surface area (TPSA) is 299 Å². The molecule has 3 amide bonds. The van der Waals surface area contributed by atoms with Crippen LogP contribution in [0.15, 0.2) is 40.2 Å². The number of nitrogen functional groups attached to an aromatic ring is 1. The van der Waals surface area contributed by atoms with Crippen molar-refractivity contribution in [2.75, 3.05) is 24.6 Å². The van der Waals surface area contributed by atoms with Gasteiger partial charge in [-0.05, 0) is 43.5 Å². The number of likely N-dealkylation sites (N-methyl/N-ethyl adjacent to an activating group) is 1. The van der Waals surface area contributed by atoms with E-state index in [1.165, 1.54) is 25.4 Å². The van der Waals surface area contributed by atoms with E-state index in [4.69, 9.17) is 17.2 Å². The Kier molecular flexibility index (Phi) is 11.5. The molecule has 3 aromatic rings. The number of anilines is 2. The van der Waals surface area contributed by atoms with Crippen LogP contribution in [0, 0.1) is 0 Å². The number of benzene rings is 1. The van der Waals surface area contributed by atoms with Crippen LogP contribution in [-0.4, -0.2) is 80.4 Å². The van der Waals surface area contributed by atoms with Crippen LogP contribution in [0.25, 0.3) is 11.2 Å². The molecule has 0 fully saturated rings. The number of carbonyl (C=O) groups is 4. The van der Waals surface area contributed by atoms with Crippen LogP contribution >= 0.6 is 0 Å². The Morgan fingerprint density at radius 1 is 1.05 bits per heavy atom. The number of carboxylic acid groups (broad SMARTS) is 1. The number of guanidine groups is 1. The summed E-state index contributed by atoms with van der Waals surface area (Å²) in [5, 5.41) is 20.1. The maximum Gasteiger partial charge on any atom is 0.326 e. The number of fused-ring (bicyclic) bond motifs is 1. The number of nitrogens with two attached hydrogens (primary N) is 3. The fourth-order valence-corrected chi connectivity index (χ4v) is 3.98. The van der Waals surface area contributed by atoms with E-state index in [2.05, 4.69) is 46.2 Å². The molecule has 0 bridgehead atoms. The molecule has 0 spiro atoms. The maximum absolute atomic E-state index is 12.7. The number of hydrogen-bond donors (Lipinski definition) is 9. The number of aliphatic carboxylic acids is 1. The van der Waals surface area contributed by atoms with Crippen LogP contribution in [-0.2, 0) is 20.9 Å². The van der Waals surface area contributed by atoms with Gasteiger partial charge in [0.1, 0.15) is 12.1 Å². The third-order valence-corrected chi connectivity index (χ3v) is 6.21. The van der Waals surface area contributed by atoms with Gasteiger partial charge in [-0.3, -0.25) is 29.2 Å². The number of aliphatic imine (C=N–C) groups is 1. The van der Waals surface area contributed by atoms with Gasteiger partial charge in [0.15, 0.2) is 17.1 Å². The average Bonchev–Trinajstić information content (AvgIpc) is 2.99. The molecule has 12 N–H and O–H groups in total. The lowest BCUT2D eigenvalue weighted by atomic mass is 10.1. The van der Waals surface area contributed by atoms with Gasteiger partial charge in [-0.15, -0.1) is 0 Å². The lowest BCUT2D eigenvalue weighted by Crippen LogP contribution is -2.46. The molecule has 2 heterocycles. The summed E-state index contributed by atoms with van der Waals surface area (Å²) in [5.41, 5.74) is 17.0. The number of amides is 3. The quantitative estimate of drug-likeness (QED) is 0.0519. The number of hydrogen-bond acceptors (Lipinski definition) is 11. The van der Waals surface area contributed by atoms with Crippen LogP contribution in [0.1, 0.15) is 41.7 Å². The van der Waals surface area contributed by atoms with Gasteiger partial charge < -0.3 is 43.6 Å². The molecule has 0 saturated carbocycles. The molecule has 0 aliphatic carbocycles. The number of carboxylic acids is 1. The Morgan fingerprint density at radius 3 is 2.43 bits per heavy atom. The SMILES string of the molecule is CNC(=O)[C@H](CCCN=C(N)N)NC(=O)CC[C@H](NC(=O)c1ccc(NCc2cnc3nc(N)[nH]c(=O)c3n2)cc1)C(=O)O. The summed E-state index contributed by atoms with van der Waals surface area (Å²) >= 11 is 0. The second-order valence-electron chi connectivity index (χ2n) is 9.50. The molecule has 0 aliphatic heterocycles. The van der Waals surface area contributed by atoms with E-state index in [0.717, 1.165) is 0 Å². The van der Waals surface area contributed by atoms with E-state index >= 15 is 0 Å². The third kappa shape index (κ3) is 9.64. The Morgan fingerprint density at radius 2 is 1.77 bits per heavy atom. The molecule has 0 radical (unpaired) electrons. The van der Waals surface area contributed by atoms with Crippen molar-refractivity contribution >= 4 is 52.5 Å². The summed E-state index contributed by atoms with van der Waals surface area (Å²) in [4.78, 5) is 79.6. The van der Waals surface area contributed by atoms with E-state index in [1.54, 1.807) is 12.1 Å². The fraction of sp³-hybridized carbons (Fsp3) is 0.346. The second kappa shape index (κ2) is 15.4. The number of H-pyrrole nitrogens is 1. The van der Waals surface area contributed by atoms with E-state index in [1.807, 2.05) is 0 Å². The largest absolute Gasteiger partial charge is 0.480 e. The Balaban J connectivity index is 1.52. The molecule has 18 nitrogen and oxygen atoms in total. The van der Waals surface area contributed by atoms with E-state index in [9.17, 15) is 29.1 Å². The molecule has 0 unspecified atom stereocenters. The van der Waals surface area contributed by atoms with Crippen LogP contribution in [0.4, 0.5) is 11.6 Å². The van der Waals surface area contributed by atoms with Crippen LogP contribution < -0.4 is 44.0 Å². The molecule has 3 rings (SSSR count). The lowest BCUT2D eigenvalue weighted by molar-refractivity contribution is -0.139. The van der Waals surface area contributed by atoms with Crippen molar-refractivity contribution in [2.45, 2.75) is 44.3 Å². The van der Waals surface area contributed by atoms with Gasteiger partial charge in [0.05, 0.1) is 18.4 Å². The minimum Gasteiger partial charge on any atom is -0.480 e. The van der Waals surface area contributed by atoms with Gasteiger partial charge in [0.25, 0.3) is 11.5 Å². The summed E-state index contributed by atoms with van der Waals surface area (Å²) in [7, 11) is 1.42. The first-order valence-corrected chi connectivity index (χ1v) is 13.4. The minimum atomic E-state index is -1.36. The van der Waals surface area contributed by atoms with Gasteiger partial charge >= 0.3 is 5.97 Å². The van der Waals surface area contributed by atoms with Gasteiger partial charge in [-0.2, -0.15) is 4.98 Å². The normalized spacial score (nSPS) is 12.0. The van der Waals surface area contributed by atoms with E-state index in [-0.39, 0.29) is 61.0 Å². The molecule has 0 aliphatic rings. The number of aromatic nitrogens is 4. The molecule has 44 heavy (non-hydrogen) atoms. The monoisotopic (exact) mass is 610 g/mol. The van der Waals surface area contributed by atoms with E-state index < -0.39 is 41.3 Å². The number of aromatic amines is 1. The van der Waals surface area contributed by atoms with Crippen molar-refractivity contribution in [1.29, 1.82) is 0 Å². The lowest BCUT2D eigenvalue weighted by Gasteiger charge is -2.18. The van der Waals surface area contributed by atoms with Crippen molar-refractivity contribution in [2.24, 2.45) is 16.5 Å². The van der Waals surface area contributed by atoms with E-state index in [0.29, 0.717) is 17.8 Å². The average molecular weight is 611 g/mol. The molecule has 18 heteroatoms. The highest BCUT2D eigenvalue weighted by molar-refractivity contribution is 5.97.